The number of esters is 1. The van der Waals surface area contributed by atoms with Crippen LogP contribution in [0.1, 0.15) is 35.2 Å². The number of aromatic nitrogens is 1. The number of nitro benzene ring substituents is 1. The number of nitro groups is 1. The average Bonchev–Trinajstić information content (AvgIpc) is 2.78. The summed E-state index contributed by atoms with van der Waals surface area (Å²) in [5, 5.41) is 13.2. The molecule has 1 saturated heterocycles. The smallest absolute Gasteiger partial charge is 0.417 e. The van der Waals surface area contributed by atoms with Gasteiger partial charge in [0.1, 0.15) is 5.69 Å². The van der Waals surface area contributed by atoms with Crippen molar-refractivity contribution < 1.29 is 32.4 Å². The lowest BCUT2D eigenvalue weighted by Crippen LogP contribution is -2.30. The molecule has 0 spiro atoms. The number of anilines is 2. The molecule has 0 unspecified atom stereocenters. The fraction of sp³-hybridized carbons (Fsp3) is 0.350. The lowest BCUT2D eigenvalue weighted by atomic mass is 10.1. The van der Waals surface area contributed by atoms with E-state index in [1.165, 1.54) is 12.1 Å². The second-order valence-electron chi connectivity index (χ2n) is 7.18. The molecule has 0 radical (unpaired) electrons. The lowest BCUT2D eigenvalue weighted by molar-refractivity contribution is -0.384. The quantitative estimate of drug-likeness (QED) is 0.364. The summed E-state index contributed by atoms with van der Waals surface area (Å²) in [5.74, 6) is -2.23. The van der Waals surface area contributed by atoms with Gasteiger partial charge < -0.3 is 15.0 Å². The normalized spacial score (nSPS) is 14.0. The van der Waals surface area contributed by atoms with Crippen molar-refractivity contribution in [2.45, 2.75) is 25.4 Å². The van der Waals surface area contributed by atoms with Crippen LogP contribution in [0.2, 0.25) is 5.02 Å². The molecule has 2 aromatic rings. The zero-order valence-electron chi connectivity index (χ0n) is 17.0. The summed E-state index contributed by atoms with van der Waals surface area (Å²) < 4.78 is 42.8. The summed E-state index contributed by atoms with van der Waals surface area (Å²) in [7, 11) is 0. The molecule has 1 aliphatic rings. The monoisotopic (exact) mass is 486 g/mol. The van der Waals surface area contributed by atoms with Crippen molar-refractivity contribution >= 4 is 40.7 Å². The topological polar surface area (TPSA) is 115 Å². The molecule has 1 aliphatic heterocycles. The predicted octanol–water partition coefficient (Wildman–Crippen LogP) is 4.45. The molecule has 1 amide bonds. The van der Waals surface area contributed by atoms with Gasteiger partial charge in [0, 0.05) is 25.4 Å². The van der Waals surface area contributed by atoms with Gasteiger partial charge >= 0.3 is 12.1 Å². The van der Waals surface area contributed by atoms with Crippen LogP contribution in [-0.2, 0) is 15.7 Å². The molecule has 0 saturated carbocycles. The van der Waals surface area contributed by atoms with E-state index in [4.69, 9.17) is 16.3 Å². The molecule has 33 heavy (non-hydrogen) atoms. The zero-order valence-corrected chi connectivity index (χ0v) is 17.8. The number of halogens is 4. The van der Waals surface area contributed by atoms with Gasteiger partial charge in [-0.3, -0.25) is 14.9 Å². The van der Waals surface area contributed by atoms with Gasteiger partial charge in [0.05, 0.1) is 21.1 Å². The number of nitrogens with one attached hydrogen (secondary N) is 1. The van der Waals surface area contributed by atoms with E-state index in [1.807, 2.05) is 4.90 Å². The molecule has 0 atom stereocenters. The second-order valence-corrected chi connectivity index (χ2v) is 7.59. The SMILES string of the molecule is O=C(COC(=O)c1ccc(N2CCCCC2)c([N+](=O)[O-])c1)Nc1ncc(C(F)(F)F)cc1Cl. The Morgan fingerprint density at radius 2 is 1.91 bits per heavy atom. The molecular formula is C20H18ClF3N4O5. The minimum Gasteiger partial charge on any atom is -0.452 e. The van der Waals surface area contributed by atoms with Crippen molar-refractivity contribution in [2.75, 3.05) is 29.9 Å². The van der Waals surface area contributed by atoms with Crippen molar-refractivity contribution in [1.29, 1.82) is 0 Å². The largest absolute Gasteiger partial charge is 0.452 e. The van der Waals surface area contributed by atoms with Crippen LogP contribution < -0.4 is 10.2 Å². The van der Waals surface area contributed by atoms with Crippen LogP contribution in [0.3, 0.4) is 0 Å². The maximum Gasteiger partial charge on any atom is 0.417 e. The van der Waals surface area contributed by atoms with Gasteiger partial charge in [-0.2, -0.15) is 13.2 Å². The Balaban J connectivity index is 1.64. The number of rotatable bonds is 6. The standard InChI is InChI=1S/C20H18ClF3N4O5/c21-14-9-13(20(22,23)24)10-25-18(14)26-17(29)11-33-19(30)12-4-5-15(16(8-12)28(31)32)27-6-2-1-3-7-27/h4-5,8-10H,1-3,6-7,11H2,(H,25,26,29). The third kappa shape index (κ3) is 6.09. The van der Waals surface area contributed by atoms with Crippen LogP contribution in [0.4, 0.5) is 30.4 Å². The second kappa shape index (κ2) is 10.0. The molecule has 0 aliphatic carbocycles. The van der Waals surface area contributed by atoms with Crippen molar-refractivity contribution in [3.63, 3.8) is 0 Å². The molecule has 2 heterocycles. The number of pyridine rings is 1. The van der Waals surface area contributed by atoms with Crippen molar-refractivity contribution in [3.05, 3.63) is 56.7 Å². The van der Waals surface area contributed by atoms with E-state index in [-0.39, 0.29) is 17.1 Å². The number of hydrogen-bond donors (Lipinski definition) is 1. The Labute approximate surface area is 190 Å². The third-order valence-electron chi connectivity index (χ3n) is 4.87. The first-order valence-corrected chi connectivity index (χ1v) is 10.2. The van der Waals surface area contributed by atoms with Crippen molar-refractivity contribution in [1.82, 2.24) is 4.98 Å². The molecule has 9 nitrogen and oxygen atoms in total. The van der Waals surface area contributed by atoms with Gasteiger partial charge in [-0.05, 0) is 37.5 Å². The first kappa shape index (κ1) is 24.2. The van der Waals surface area contributed by atoms with Crippen LogP contribution in [0.15, 0.2) is 30.5 Å². The highest BCUT2D eigenvalue weighted by Gasteiger charge is 2.31. The number of hydrogen-bond acceptors (Lipinski definition) is 7. The number of alkyl halides is 3. The molecule has 13 heteroatoms. The summed E-state index contributed by atoms with van der Waals surface area (Å²) in [5.41, 5.74) is -1.07. The highest BCUT2D eigenvalue weighted by Crippen LogP contribution is 2.33. The van der Waals surface area contributed by atoms with Gasteiger partial charge in [-0.25, -0.2) is 9.78 Å². The number of carbonyl (C=O) groups excluding carboxylic acids is 2. The average molecular weight is 487 g/mol. The summed E-state index contributed by atoms with van der Waals surface area (Å²) in [6, 6.07) is 4.51. The van der Waals surface area contributed by atoms with Crippen LogP contribution in [0, 0.1) is 10.1 Å². The van der Waals surface area contributed by atoms with Crippen LogP contribution in [0.5, 0.6) is 0 Å². The number of nitrogens with zero attached hydrogens (tertiary/aromatic N) is 3. The van der Waals surface area contributed by atoms with Crippen LogP contribution in [-0.4, -0.2) is 41.5 Å². The van der Waals surface area contributed by atoms with E-state index >= 15 is 0 Å². The van der Waals surface area contributed by atoms with Gasteiger partial charge in [0.15, 0.2) is 12.4 Å². The molecule has 1 N–H and O–H groups in total. The summed E-state index contributed by atoms with van der Waals surface area (Å²) >= 11 is 5.71. The highest BCUT2D eigenvalue weighted by molar-refractivity contribution is 6.33. The summed E-state index contributed by atoms with van der Waals surface area (Å²) in [6.07, 6.45) is -1.29. The highest BCUT2D eigenvalue weighted by atomic mass is 35.5. The van der Waals surface area contributed by atoms with E-state index in [0.717, 1.165) is 25.3 Å². The van der Waals surface area contributed by atoms with E-state index in [2.05, 4.69) is 10.3 Å². The van der Waals surface area contributed by atoms with Gasteiger partial charge in [-0.15, -0.1) is 0 Å². The van der Waals surface area contributed by atoms with E-state index in [1.54, 1.807) is 0 Å². The van der Waals surface area contributed by atoms with Crippen LogP contribution in [0.25, 0.3) is 0 Å². The Bertz CT molecular complexity index is 1070. The minimum atomic E-state index is -4.65. The number of amides is 1. The van der Waals surface area contributed by atoms with Gasteiger partial charge in [-0.1, -0.05) is 11.6 Å². The van der Waals surface area contributed by atoms with E-state index in [9.17, 15) is 32.9 Å². The van der Waals surface area contributed by atoms with E-state index < -0.39 is 40.2 Å². The first-order valence-electron chi connectivity index (χ1n) is 9.79. The number of piperidine rings is 1. The fourth-order valence-corrected chi connectivity index (χ4v) is 3.48. The Kier molecular flexibility index (Phi) is 7.36. The lowest BCUT2D eigenvalue weighted by Gasteiger charge is -2.28. The molecule has 0 bridgehead atoms. The maximum absolute atomic E-state index is 12.7. The Morgan fingerprint density at radius 3 is 2.52 bits per heavy atom. The van der Waals surface area contributed by atoms with Gasteiger partial charge in [0.25, 0.3) is 11.6 Å². The predicted molar refractivity (Wildman–Crippen MR) is 112 cm³/mol. The minimum absolute atomic E-state index is 0.124. The molecule has 1 fully saturated rings. The fourth-order valence-electron chi connectivity index (χ4n) is 3.27. The third-order valence-corrected chi connectivity index (χ3v) is 5.15. The molecule has 3 rings (SSSR count). The van der Waals surface area contributed by atoms with Crippen LogP contribution >= 0.6 is 11.6 Å². The molecule has 176 valence electrons. The zero-order chi connectivity index (χ0) is 24.2. The van der Waals surface area contributed by atoms with Crippen molar-refractivity contribution in [3.8, 4) is 0 Å². The number of benzene rings is 1. The molecule has 1 aromatic carbocycles. The Hall–Kier alpha value is -3.41. The first-order chi connectivity index (χ1) is 15.6. The Morgan fingerprint density at radius 1 is 1.21 bits per heavy atom. The van der Waals surface area contributed by atoms with Crippen molar-refractivity contribution in [2.24, 2.45) is 0 Å². The van der Waals surface area contributed by atoms with E-state index in [0.29, 0.717) is 31.0 Å². The molecule has 1 aromatic heterocycles. The number of carbonyl (C=O) groups is 2. The summed E-state index contributed by atoms with van der Waals surface area (Å²) in [6.45, 7) is 0.538. The number of ether oxygens (including phenoxy) is 1. The molecular weight excluding hydrogens is 469 g/mol. The maximum atomic E-state index is 12.7. The summed E-state index contributed by atoms with van der Waals surface area (Å²) in [4.78, 5) is 40.5. The van der Waals surface area contributed by atoms with Gasteiger partial charge in [0.2, 0.25) is 0 Å².